The van der Waals surface area contributed by atoms with Crippen LogP contribution in [0.2, 0.25) is 0 Å². The summed E-state index contributed by atoms with van der Waals surface area (Å²) >= 11 is 5.38. The lowest BCUT2D eigenvalue weighted by Gasteiger charge is -2.18. The van der Waals surface area contributed by atoms with E-state index >= 15 is 0 Å². The van der Waals surface area contributed by atoms with E-state index in [1.807, 2.05) is 72.1 Å². The molecule has 2 atom stereocenters. The summed E-state index contributed by atoms with van der Waals surface area (Å²) in [5.41, 5.74) is 9.85. The van der Waals surface area contributed by atoms with Crippen LogP contribution < -0.4 is 29.4 Å². The van der Waals surface area contributed by atoms with Gasteiger partial charge >= 0.3 is 0 Å². The molecule has 38 heavy (non-hydrogen) atoms. The maximum atomic E-state index is 8.94. The van der Waals surface area contributed by atoms with Crippen LogP contribution in [0.1, 0.15) is 26.5 Å². The van der Waals surface area contributed by atoms with Crippen molar-refractivity contribution in [2.24, 2.45) is 0 Å². The molecule has 10 heteroatoms. The number of ether oxygens (including phenoxy) is 5. The van der Waals surface area contributed by atoms with Gasteiger partial charge in [-0.1, -0.05) is 0 Å². The second kappa shape index (κ2) is 13.2. The maximum absolute atomic E-state index is 8.94. The molecule has 0 aromatic heterocycles. The molecule has 0 unspecified atom stereocenters. The number of anilines is 1. The highest BCUT2D eigenvalue weighted by Crippen LogP contribution is 2.58. The summed E-state index contributed by atoms with van der Waals surface area (Å²) in [7, 11) is 6.50. The van der Waals surface area contributed by atoms with Gasteiger partial charge in [0.25, 0.3) is 0 Å². The Labute approximate surface area is 236 Å². The summed E-state index contributed by atoms with van der Waals surface area (Å²) < 4.78 is 28.4. The number of rotatable bonds is 11. The molecule has 0 amide bonds. The van der Waals surface area contributed by atoms with Gasteiger partial charge in [0, 0.05) is 21.7 Å². The second-order valence-electron chi connectivity index (χ2n) is 8.22. The smallest absolute Gasteiger partial charge is 0.203 e. The first-order valence-corrected chi connectivity index (χ1v) is 14.8. The molecule has 0 saturated carbocycles. The topological polar surface area (TPSA) is 96.0 Å². The Morgan fingerprint density at radius 3 is 2.13 bits per heavy atom. The average Bonchev–Trinajstić information content (AvgIpc) is 3.45. The summed E-state index contributed by atoms with van der Waals surface area (Å²) in [6.07, 6.45) is 0. The van der Waals surface area contributed by atoms with Crippen LogP contribution in [-0.2, 0) is 0 Å². The molecule has 0 spiro atoms. The number of benzene rings is 3. The first-order valence-electron chi connectivity index (χ1n) is 11.8. The van der Waals surface area contributed by atoms with E-state index < -0.39 is 0 Å². The summed E-state index contributed by atoms with van der Waals surface area (Å²) in [6, 6.07) is 17.7. The van der Waals surface area contributed by atoms with Gasteiger partial charge in [-0.25, -0.2) is 0 Å². The Morgan fingerprint density at radius 1 is 0.895 bits per heavy atom. The van der Waals surface area contributed by atoms with Crippen LogP contribution in [0, 0.1) is 11.3 Å². The minimum absolute atomic E-state index is 0.191. The Bertz CT molecular complexity index is 1270. The van der Waals surface area contributed by atoms with Crippen molar-refractivity contribution in [2.75, 3.05) is 52.3 Å². The highest BCUT2D eigenvalue weighted by atomic mass is 32.2. The van der Waals surface area contributed by atoms with E-state index in [4.69, 9.17) is 34.7 Å². The van der Waals surface area contributed by atoms with E-state index in [-0.39, 0.29) is 9.83 Å². The number of nitrogens with zero attached hydrogens (tertiary/aromatic N) is 1. The molecule has 7 nitrogen and oxygen atoms in total. The van der Waals surface area contributed by atoms with Gasteiger partial charge in [-0.15, -0.1) is 35.3 Å². The summed E-state index contributed by atoms with van der Waals surface area (Å²) in [5.74, 6) is 4.75. The van der Waals surface area contributed by atoms with Crippen LogP contribution in [-0.4, -0.2) is 46.6 Å². The molecule has 0 radical (unpaired) electrons. The van der Waals surface area contributed by atoms with Crippen molar-refractivity contribution in [1.82, 2.24) is 0 Å². The Balaban J connectivity index is 1.42. The van der Waals surface area contributed by atoms with Crippen LogP contribution >= 0.6 is 35.3 Å². The van der Waals surface area contributed by atoms with Crippen molar-refractivity contribution < 1.29 is 23.7 Å². The molecule has 4 rings (SSSR count). The van der Waals surface area contributed by atoms with E-state index in [0.29, 0.717) is 46.6 Å². The standard InChI is InChI=1S/C28H30N2O5S3/c1-31-22-14-19(11-21(30)26(22)35-9-10-36-20-7-5-17(15-29)6-8-20)28-37-16-25(38-28)18-12-23(32-2)27(34-4)24(13-18)33-3/h5-8,11-14,25,28H,9-10,16,30H2,1-4H3/t25-,28+/m1/s1. The lowest BCUT2D eigenvalue weighted by Crippen LogP contribution is -2.05. The highest BCUT2D eigenvalue weighted by Gasteiger charge is 2.31. The molecule has 3 aromatic rings. The van der Waals surface area contributed by atoms with Gasteiger partial charge in [0.05, 0.1) is 56.9 Å². The lowest BCUT2D eigenvalue weighted by atomic mass is 10.1. The Hall–Kier alpha value is -3.00. The third-order valence-electron chi connectivity index (χ3n) is 5.93. The maximum Gasteiger partial charge on any atom is 0.203 e. The fourth-order valence-electron chi connectivity index (χ4n) is 4.06. The van der Waals surface area contributed by atoms with Crippen LogP contribution in [0.5, 0.6) is 28.7 Å². The van der Waals surface area contributed by atoms with Gasteiger partial charge in [0.2, 0.25) is 5.75 Å². The predicted molar refractivity (Wildman–Crippen MR) is 156 cm³/mol. The fraction of sp³-hybridized carbons (Fsp3) is 0.321. The second-order valence-corrected chi connectivity index (χ2v) is 12.1. The zero-order chi connectivity index (χ0) is 27.1. The molecule has 1 saturated heterocycles. The minimum atomic E-state index is 0.191. The fourth-order valence-corrected chi connectivity index (χ4v) is 8.05. The van der Waals surface area contributed by atoms with Crippen molar-refractivity contribution in [2.45, 2.75) is 14.7 Å². The zero-order valence-corrected chi connectivity index (χ0v) is 24.1. The largest absolute Gasteiger partial charge is 0.493 e. The zero-order valence-electron chi connectivity index (χ0n) is 21.7. The van der Waals surface area contributed by atoms with Gasteiger partial charge in [-0.3, -0.25) is 0 Å². The van der Waals surface area contributed by atoms with E-state index in [9.17, 15) is 0 Å². The Morgan fingerprint density at radius 2 is 1.53 bits per heavy atom. The van der Waals surface area contributed by atoms with Crippen molar-refractivity contribution in [3.05, 3.63) is 65.2 Å². The van der Waals surface area contributed by atoms with E-state index in [1.165, 1.54) is 0 Å². The SMILES string of the molecule is COc1cc([C@H]2SC[C@H](c3cc(OC)c(OC)c(OC)c3)S2)cc(N)c1OCCSc1ccc(C#N)cc1. The monoisotopic (exact) mass is 570 g/mol. The molecule has 0 bridgehead atoms. The molecule has 1 fully saturated rings. The average molecular weight is 571 g/mol. The van der Waals surface area contributed by atoms with Crippen molar-refractivity contribution in [1.29, 1.82) is 5.26 Å². The minimum Gasteiger partial charge on any atom is -0.493 e. The summed E-state index contributed by atoms with van der Waals surface area (Å²) in [4.78, 5) is 1.08. The molecule has 0 aliphatic carbocycles. The quantitative estimate of drug-likeness (QED) is 0.155. The molecule has 3 aromatic carbocycles. The van der Waals surface area contributed by atoms with Crippen molar-refractivity contribution in [3.63, 3.8) is 0 Å². The molecule has 2 N–H and O–H groups in total. The number of methoxy groups -OCH3 is 4. The molecule has 200 valence electrons. The number of nitrogens with two attached hydrogens (primary N) is 1. The first-order chi connectivity index (χ1) is 18.5. The summed E-state index contributed by atoms with van der Waals surface area (Å²) in [5, 5.41) is 9.19. The number of nitriles is 1. The number of hydrogen-bond acceptors (Lipinski definition) is 10. The van der Waals surface area contributed by atoms with Crippen LogP contribution in [0.4, 0.5) is 5.69 Å². The van der Waals surface area contributed by atoms with E-state index in [2.05, 4.69) is 6.07 Å². The lowest BCUT2D eigenvalue weighted by molar-refractivity contribution is 0.315. The summed E-state index contributed by atoms with van der Waals surface area (Å²) in [6.45, 7) is 0.473. The van der Waals surface area contributed by atoms with Crippen molar-refractivity contribution >= 4 is 41.0 Å². The van der Waals surface area contributed by atoms with E-state index in [0.717, 1.165) is 27.5 Å². The van der Waals surface area contributed by atoms with E-state index in [1.54, 1.807) is 40.2 Å². The molecule has 1 aliphatic heterocycles. The number of hydrogen-bond donors (Lipinski definition) is 1. The van der Waals surface area contributed by atoms with Gasteiger partial charge in [0.1, 0.15) is 0 Å². The van der Waals surface area contributed by atoms with Crippen LogP contribution in [0.25, 0.3) is 0 Å². The number of thioether (sulfide) groups is 3. The van der Waals surface area contributed by atoms with Gasteiger partial charge in [-0.05, 0) is 59.7 Å². The molecular formula is C28H30N2O5S3. The van der Waals surface area contributed by atoms with Crippen molar-refractivity contribution in [3.8, 4) is 34.8 Å². The van der Waals surface area contributed by atoms with Gasteiger partial charge in [0.15, 0.2) is 23.0 Å². The molecule has 1 heterocycles. The molecule has 1 aliphatic rings. The van der Waals surface area contributed by atoms with Crippen LogP contribution in [0.3, 0.4) is 0 Å². The normalized spacial score (nSPS) is 16.5. The predicted octanol–water partition coefficient (Wildman–Crippen LogP) is 6.57. The van der Waals surface area contributed by atoms with Gasteiger partial charge in [-0.2, -0.15) is 5.26 Å². The third-order valence-corrected chi connectivity index (χ3v) is 10.2. The molecular weight excluding hydrogens is 541 g/mol. The first kappa shape index (κ1) is 28.0. The number of nitrogen functional groups attached to an aromatic ring is 1. The van der Waals surface area contributed by atoms with Crippen LogP contribution in [0.15, 0.2) is 53.4 Å². The Kier molecular flexibility index (Phi) is 9.72. The highest BCUT2D eigenvalue weighted by molar-refractivity contribution is 8.19. The third kappa shape index (κ3) is 6.34. The van der Waals surface area contributed by atoms with Gasteiger partial charge < -0.3 is 29.4 Å².